The van der Waals surface area contributed by atoms with Crippen molar-refractivity contribution >= 4 is 29.1 Å². The van der Waals surface area contributed by atoms with Crippen LogP contribution < -0.4 is 10.6 Å². The van der Waals surface area contributed by atoms with E-state index in [2.05, 4.69) is 27.5 Å². The van der Waals surface area contributed by atoms with Gasteiger partial charge in [0.1, 0.15) is 5.69 Å². The third-order valence-electron chi connectivity index (χ3n) is 3.49. The van der Waals surface area contributed by atoms with Crippen LogP contribution in [-0.2, 0) is 6.18 Å². The van der Waals surface area contributed by atoms with Crippen LogP contribution in [0.3, 0.4) is 0 Å². The van der Waals surface area contributed by atoms with Gasteiger partial charge < -0.3 is 10.6 Å². The number of amides is 1. The van der Waals surface area contributed by atoms with E-state index in [0.29, 0.717) is 6.54 Å². The van der Waals surface area contributed by atoms with E-state index in [1.54, 1.807) is 0 Å². The number of anilines is 2. The van der Waals surface area contributed by atoms with Crippen molar-refractivity contribution in [1.82, 2.24) is 9.97 Å². The molecule has 0 unspecified atom stereocenters. The molecule has 2 N–H and O–H groups in total. The first-order valence-electron chi connectivity index (χ1n) is 8.06. The fraction of sp³-hybridized carbons (Fsp3) is 0.353. The molecule has 0 radical (unpaired) electrons. The Bertz CT molecular complexity index is 768. The first kappa shape index (κ1) is 20.0. The van der Waals surface area contributed by atoms with Crippen LogP contribution in [0.4, 0.5) is 24.8 Å². The topological polar surface area (TPSA) is 66.9 Å². The minimum absolute atomic E-state index is 0.00156. The smallest absolute Gasteiger partial charge is 0.354 e. The quantitative estimate of drug-likeness (QED) is 0.657. The summed E-state index contributed by atoms with van der Waals surface area (Å²) >= 11 is 5.88. The summed E-state index contributed by atoms with van der Waals surface area (Å²) in [4.78, 5) is 20.4. The maximum Gasteiger partial charge on any atom is 0.416 e. The lowest BCUT2D eigenvalue weighted by Gasteiger charge is -2.12. The second kappa shape index (κ2) is 8.84. The maximum atomic E-state index is 12.8. The van der Waals surface area contributed by atoms with Gasteiger partial charge in [0, 0.05) is 12.7 Å². The first-order valence-corrected chi connectivity index (χ1v) is 8.44. The first-order chi connectivity index (χ1) is 12.3. The van der Waals surface area contributed by atoms with Crippen molar-refractivity contribution in [2.24, 2.45) is 0 Å². The minimum atomic E-state index is -4.53. The molecule has 0 saturated heterocycles. The Labute approximate surface area is 154 Å². The number of nitrogens with zero attached hydrogens (tertiary/aromatic N) is 2. The SMILES string of the molecule is CCCCCNc1nccc(C(=O)Nc2cc(C(F)(F)F)ccc2Cl)n1. The summed E-state index contributed by atoms with van der Waals surface area (Å²) in [6, 6.07) is 4.08. The van der Waals surface area contributed by atoms with Crippen molar-refractivity contribution in [3.05, 3.63) is 46.7 Å². The van der Waals surface area contributed by atoms with E-state index in [4.69, 9.17) is 11.6 Å². The highest BCUT2D eigenvalue weighted by molar-refractivity contribution is 6.33. The van der Waals surface area contributed by atoms with Crippen LogP contribution in [0.15, 0.2) is 30.5 Å². The van der Waals surface area contributed by atoms with Crippen LogP contribution in [0.5, 0.6) is 0 Å². The lowest BCUT2D eigenvalue weighted by Crippen LogP contribution is -2.16. The van der Waals surface area contributed by atoms with Gasteiger partial charge in [-0.2, -0.15) is 13.2 Å². The monoisotopic (exact) mass is 386 g/mol. The van der Waals surface area contributed by atoms with Gasteiger partial charge in [-0.25, -0.2) is 9.97 Å². The molecule has 0 fully saturated rings. The lowest BCUT2D eigenvalue weighted by atomic mass is 10.2. The van der Waals surface area contributed by atoms with Gasteiger partial charge in [-0.3, -0.25) is 4.79 Å². The van der Waals surface area contributed by atoms with Crippen LogP contribution in [-0.4, -0.2) is 22.4 Å². The van der Waals surface area contributed by atoms with Crippen LogP contribution in [0, 0.1) is 0 Å². The molecule has 1 aromatic heterocycles. The number of halogens is 4. The van der Waals surface area contributed by atoms with Gasteiger partial charge >= 0.3 is 6.18 Å². The molecule has 0 saturated carbocycles. The average Bonchev–Trinajstić information content (AvgIpc) is 2.60. The van der Waals surface area contributed by atoms with Crippen LogP contribution in [0.1, 0.15) is 42.2 Å². The summed E-state index contributed by atoms with van der Waals surface area (Å²) in [5.74, 6) is -0.394. The van der Waals surface area contributed by atoms with Gasteiger partial charge in [-0.05, 0) is 30.7 Å². The molecule has 0 spiro atoms. The predicted molar refractivity (Wildman–Crippen MR) is 94.5 cm³/mol. The molecule has 0 bridgehead atoms. The number of benzene rings is 1. The molecule has 2 aromatic rings. The largest absolute Gasteiger partial charge is 0.416 e. The van der Waals surface area contributed by atoms with Crippen molar-refractivity contribution in [3.8, 4) is 0 Å². The van der Waals surface area contributed by atoms with Crippen molar-refractivity contribution in [1.29, 1.82) is 0 Å². The molecular formula is C17H18ClF3N4O. The maximum absolute atomic E-state index is 12.8. The average molecular weight is 387 g/mol. The molecule has 1 amide bonds. The van der Waals surface area contributed by atoms with Gasteiger partial charge in [0.25, 0.3) is 5.91 Å². The van der Waals surface area contributed by atoms with Gasteiger partial charge in [0.05, 0.1) is 16.3 Å². The van der Waals surface area contributed by atoms with E-state index in [1.165, 1.54) is 12.3 Å². The van der Waals surface area contributed by atoms with Gasteiger partial charge in [-0.1, -0.05) is 31.4 Å². The fourth-order valence-electron chi connectivity index (χ4n) is 2.13. The van der Waals surface area contributed by atoms with Crippen molar-refractivity contribution in [2.75, 3.05) is 17.2 Å². The Morgan fingerprint density at radius 2 is 2.00 bits per heavy atom. The zero-order chi connectivity index (χ0) is 19.2. The highest BCUT2D eigenvalue weighted by Gasteiger charge is 2.31. The number of carbonyl (C=O) groups excluding carboxylic acids is 1. The zero-order valence-corrected chi connectivity index (χ0v) is 14.8. The van der Waals surface area contributed by atoms with Crippen molar-refractivity contribution < 1.29 is 18.0 Å². The Morgan fingerprint density at radius 1 is 1.23 bits per heavy atom. The minimum Gasteiger partial charge on any atom is -0.354 e. The summed E-state index contributed by atoms with van der Waals surface area (Å²) in [6.07, 6.45) is -0.0630. The number of alkyl halides is 3. The van der Waals surface area contributed by atoms with E-state index in [0.717, 1.165) is 37.5 Å². The van der Waals surface area contributed by atoms with Crippen LogP contribution in [0.2, 0.25) is 5.02 Å². The van der Waals surface area contributed by atoms with Gasteiger partial charge in [-0.15, -0.1) is 0 Å². The summed E-state index contributed by atoms with van der Waals surface area (Å²) in [7, 11) is 0. The van der Waals surface area contributed by atoms with Crippen LogP contribution >= 0.6 is 11.6 Å². The van der Waals surface area contributed by atoms with E-state index in [9.17, 15) is 18.0 Å². The summed E-state index contributed by atoms with van der Waals surface area (Å²) in [5.41, 5.74) is -1.02. The molecule has 0 aliphatic heterocycles. The molecule has 5 nitrogen and oxygen atoms in total. The number of nitrogens with one attached hydrogen (secondary N) is 2. The molecule has 0 aliphatic carbocycles. The highest BCUT2D eigenvalue weighted by atomic mass is 35.5. The molecule has 1 heterocycles. The number of hydrogen-bond donors (Lipinski definition) is 2. The normalized spacial score (nSPS) is 11.3. The van der Waals surface area contributed by atoms with Crippen molar-refractivity contribution in [2.45, 2.75) is 32.4 Å². The molecule has 140 valence electrons. The molecule has 0 aliphatic rings. The zero-order valence-electron chi connectivity index (χ0n) is 14.0. The van der Waals surface area contributed by atoms with Crippen LogP contribution in [0.25, 0.3) is 0 Å². The number of rotatable bonds is 7. The third-order valence-corrected chi connectivity index (χ3v) is 3.82. The number of aromatic nitrogens is 2. The van der Waals surface area contributed by atoms with Gasteiger partial charge in [0.15, 0.2) is 0 Å². The predicted octanol–water partition coefficient (Wildman–Crippen LogP) is 5.00. The van der Waals surface area contributed by atoms with Crippen molar-refractivity contribution in [3.63, 3.8) is 0 Å². The summed E-state index contributed by atoms with van der Waals surface area (Å²) < 4.78 is 38.4. The van der Waals surface area contributed by atoms with E-state index < -0.39 is 17.6 Å². The molecule has 26 heavy (non-hydrogen) atoms. The van der Waals surface area contributed by atoms with Gasteiger partial charge in [0.2, 0.25) is 5.95 Å². The Hall–Kier alpha value is -2.35. The third kappa shape index (κ3) is 5.59. The van der Waals surface area contributed by atoms with E-state index in [1.807, 2.05) is 0 Å². The number of unbranched alkanes of at least 4 members (excludes halogenated alkanes) is 2. The Balaban J connectivity index is 2.10. The summed E-state index contributed by atoms with van der Waals surface area (Å²) in [6.45, 7) is 2.75. The Morgan fingerprint density at radius 3 is 2.69 bits per heavy atom. The fourth-order valence-corrected chi connectivity index (χ4v) is 2.29. The second-order valence-corrected chi connectivity index (χ2v) is 5.95. The standard InChI is InChI=1S/C17H18ClF3N4O/c1-2-3-4-8-22-16-23-9-7-13(25-16)15(26)24-14-10-11(17(19,20)21)5-6-12(14)18/h5-7,9-10H,2-4,8H2,1H3,(H,24,26)(H,22,23,25). The second-order valence-electron chi connectivity index (χ2n) is 5.55. The number of hydrogen-bond acceptors (Lipinski definition) is 4. The molecule has 2 rings (SSSR count). The molecule has 0 atom stereocenters. The molecular weight excluding hydrogens is 369 g/mol. The van der Waals surface area contributed by atoms with E-state index >= 15 is 0 Å². The Kier molecular flexibility index (Phi) is 6.79. The number of carbonyl (C=O) groups is 1. The molecule has 1 aromatic carbocycles. The molecule has 9 heteroatoms. The van der Waals surface area contributed by atoms with E-state index in [-0.39, 0.29) is 22.4 Å². The highest BCUT2D eigenvalue weighted by Crippen LogP contribution is 2.33. The lowest BCUT2D eigenvalue weighted by molar-refractivity contribution is -0.137. The summed E-state index contributed by atoms with van der Waals surface area (Å²) in [5, 5.41) is 5.35.